The first-order valence-corrected chi connectivity index (χ1v) is 5.61. The highest BCUT2D eigenvalue weighted by molar-refractivity contribution is 9.10. The lowest BCUT2D eigenvalue weighted by Crippen LogP contribution is -1.98. The van der Waals surface area contributed by atoms with Crippen molar-refractivity contribution in [2.24, 2.45) is 0 Å². The molecule has 15 heavy (non-hydrogen) atoms. The van der Waals surface area contributed by atoms with E-state index in [1.807, 2.05) is 12.1 Å². The van der Waals surface area contributed by atoms with Crippen LogP contribution in [-0.2, 0) is 9.53 Å². The van der Waals surface area contributed by atoms with Gasteiger partial charge < -0.3 is 4.74 Å². The van der Waals surface area contributed by atoms with Crippen LogP contribution in [0, 0.1) is 0 Å². The number of halogens is 2. The van der Waals surface area contributed by atoms with Crippen LogP contribution in [0.4, 0.5) is 0 Å². The third kappa shape index (κ3) is 3.68. The molecule has 0 spiro atoms. The Kier molecular flexibility index (Phi) is 4.85. The van der Waals surface area contributed by atoms with Crippen LogP contribution in [0.15, 0.2) is 28.7 Å². The Morgan fingerprint density at radius 3 is 2.93 bits per heavy atom. The van der Waals surface area contributed by atoms with Crippen LogP contribution in [0.1, 0.15) is 12.5 Å². The summed E-state index contributed by atoms with van der Waals surface area (Å²) >= 11 is 9.31. The van der Waals surface area contributed by atoms with Crippen molar-refractivity contribution in [2.75, 3.05) is 6.61 Å². The molecule has 0 aliphatic carbocycles. The fourth-order valence-electron chi connectivity index (χ4n) is 1.01. The van der Waals surface area contributed by atoms with E-state index in [2.05, 4.69) is 15.9 Å². The van der Waals surface area contributed by atoms with Crippen LogP contribution in [0.5, 0.6) is 0 Å². The number of benzene rings is 1. The maximum absolute atomic E-state index is 11.1. The fourth-order valence-corrected chi connectivity index (χ4v) is 1.86. The van der Waals surface area contributed by atoms with Crippen molar-refractivity contribution < 1.29 is 9.53 Å². The zero-order valence-electron chi connectivity index (χ0n) is 8.17. The molecule has 1 aromatic rings. The van der Waals surface area contributed by atoms with Crippen LogP contribution in [-0.4, -0.2) is 12.6 Å². The average molecular weight is 290 g/mol. The molecule has 0 saturated carbocycles. The number of hydrogen-bond donors (Lipinski definition) is 0. The van der Waals surface area contributed by atoms with Crippen molar-refractivity contribution in [3.05, 3.63) is 39.3 Å². The Hall–Kier alpha value is -0.800. The maximum atomic E-state index is 11.1. The molecule has 4 heteroatoms. The molecule has 1 rings (SSSR count). The lowest BCUT2D eigenvalue weighted by Gasteiger charge is -2.00. The fraction of sp³-hybridized carbons (Fsp3) is 0.182. The molecular formula is C11H10BrClO2. The van der Waals surface area contributed by atoms with Gasteiger partial charge in [0, 0.05) is 21.1 Å². The molecular weight excluding hydrogens is 279 g/mol. The summed E-state index contributed by atoms with van der Waals surface area (Å²) in [6.07, 6.45) is 2.99. The van der Waals surface area contributed by atoms with E-state index in [9.17, 15) is 4.79 Å². The second-order valence-electron chi connectivity index (χ2n) is 2.72. The van der Waals surface area contributed by atoms with E-state index in [1.54, 1.807) is 19.1 Å². The molecule has 0 N–H and O–H groups in total. The Morgan fingerprint density at radius 2 is 2.33 bits per heavy atom. The second kappa shape index (κ2) is 5.93. The van der Waals surface area contributed by atoms with Gasteiger partial charge in [-0.3, -0.25) is 0 Å². The van der Waals surface area contributed by atoms with Crippen LogP contribution < -0.4 is 0 Å². The summed E-state index contributed by atoms with van der Waals surface area (Å²) in [6, 6.07) is 5.45. The smallest absolute Gasteiger partial charge is 0.330 e. The van der Waals surface area contributed by atoms with Crippen molar-refractivity contribution in [1.82, 2.24) is 0 Å². The summed E-state index contributed by atoms with van der Waals surface area (Å²) in [4.78, 5) is 11.1. The standard InChI is InChI=1S/C11H10BrClO2/c1-2-15-11(14)7-6-8-9(12)4-3-5-10(8)13/h3-7H,2H2,1H3/b7-6+. The van der Waals surface area contributed by atoms with E-state index in [0.717, 1.165) is 10.0 Å². The van der Waals surface area contributed by atoms with E-state index < -0.39 is 0 Å². The van der Waals surface area contributed by atoms with Gasteiger partial charge in [-0.25, -0.2) is 4.79 Å². The normalized spacial score (nSPS) is 10.6. The number of hydrogen-bond acceptors (Lipinski definition) is 2. The highest BCUT2D eigenvalue weighted by atomic mass is 79.9. The third-order valence-electron chi connectivity index (χ3n) is 1.67. The Balaban J connectivity index is 2.84. The lowest BCUT2D eigenvalue weighted by atomic mass is 10.2. The van der Waals surface area contributed by atoms with Gasteiger partial charge in [-0.15, -0.1) is 0 Å². The molecule has 0 unspecified atom stereocenters. The molecule has 0 aromatic heterocycles. The van der Waals surface area contributed by atoms with E-state index in [4.69, 9.17) is 16.3 Å². The SMILES string of the molecule is CCOC(=O)/C=C/c1c(Cl)cccc1Br. The number of rotatable bonds is 3. The molecule has 2 nitrogen and oxygen atoms in total. The Bertz CT molecular complexity index is 368. The molecule has 0 aliphatic rings. The largest absolute Gasteiger partial charge is 0.463 e. The van der Waals surface area contributed by atoms with E-state index in [1.165, 1.54) is 6.08 Å². The highest BCUT2D eigenvalue weighted by Gasteiger charge is 2.02. The monoisotopic (exact) mass is 288 g/mol. The van der Waals surface area contributed by atoms with Gasteiger partial charge in [-0.05, 0) is 25.1 Å². The summed E-state index contributed by atoms with van der Waals surface area (Å²) in [5, 5.41) is 0.588. The van der Waals surface area contributed by atoms with Crippen molar-refractivity contribution >= 4 is 39.6 Å². The van der Waals surface area contributed by atoms with E-state index in [0.29, 0.717) is 11.6 Å². The predicted octanol–water partition coefficient (Wildman–Crippen LogP) is 3.68. The number of ether oxygens (including phenoxy) is 1. The molecule has 1 aromatic carbocycles. The van der Waals surface area contributed by atoms with Gasteiger partial charge in [0.25, 0.3) is 0 Å². The Morgan fingerprint density at radius 1 is 1.60 bits per heavy atom. The minimum Gasteiger partial charge on any atom is -0.463 e. The van der Waals surface area contributed by atoms with Gasteiger partial charge >= 0.3 is 5.97 Å². The third-order valence-corrected chi connectivity index (χ3v) is 2.69. The molecule has 80 valence electrons. The quantitative estimate of drug-likeness (QED) is 0.627. The van der Waals surface area contributed by atoms with Crippen LogP contribution in [0.2, 0.25) is 5.02 Å². The maximum Gasteiger partial charge on any atom is 0.330 e. The first kappa shape index (κ1) is 12.3. The summed E-state index contributed by atoms with van der Waals surface area (Å²) in [6.45, 7) is 2.13. The first-order chi connectivity index (χ1) is 7.15. The van der Waals surface area contributed by atoms with Crippen molar-refractivity contribution in [3.63, 3.8) is 0 Å². The van der Waals surface area contributed by atoms with E-state index in [-0.39, 0.29) is 5.97 Å². The highest BCUT2D eigenvalue weighted by Crippen LogP contribution is 2.25. The molecule has 0 amide bonds. The summed E-state index contributed by atoms with van der Waals surface area (Å²) in [5.41, 5.74) is 0.771. The van der Waals surface area contributed by atoms with E-state index >= 15 is 0 Å². The summed E-state index contributed by atoms with van der Waals surface area (Å²) < 4.78 is 5.60. The number of esters is 1. The minimum absolute atomic E-state index is 0.368. The zero-order chi connectivity index (χ0) is 11.3. The molecule has 0 bridgehead atoms. The van der Waals surface area contributed by atoms with Crippen LogP contribution >= 0.6 is 27.5 Å². The van der Waals surface area contributed by atoms with Gasteiger partial charge in [0.1, 0.15) is 0 Å². The number of carbonyl (C=O) groups excluding carboxylic acids is 1. The minimum atomic E-state index is -0.371. The topological polar surface area (TPSA) is 26.3 Å². The zero-order valence-corrected chi connectivity index (χ0v) is 10.5. The van der Waals surface area contributed by atoms with Gasteiger partial charge in [-0.1, -0.05) is 33.6 Å². The molecule has 0 heterocycles. The van der Waals surface area contributed by atoms with Crippen LogP contribution in [0.3, 0.4) is 0 Å². The van der Waals surface area contributed by atoms with Gasteiger partial charge in [0.05, 0.1) is 6.61 Å². The number of carbonyl (C=O) groups is 1. The molecule has 0 saturated heterocycles. The van der Waals surface area contributed by atoms with Crippen molar-refractivity contribution in [1.29, 1.82) is 0 Å². The van der Waals surface area contributed by atoms with Gasteiger partial charge in [0.15, 0.2) is 0 Å². The van der Waals surface area contributed by atoms with Gasteiger partial charge in [0.2, 0.25) is 0 Å². The van der Waals surface area contributed by atoms with Crippen molar-refractivity contribution in [2.45, 2.75) is 6.92 Å². The lowest BCUT2D eigenvalue weighted by molar-refractivity contribution is -0.137. The average Bonchev–Trinajstić information content (AvgIpc) is 2.17. The molecule has 0 aliphatic heterocycles. The first-order valence-electron chi connectivity index (χ1n) is 4.44. The summed E-state index contributed by atoms with van der Waals surface area (Å²) in [7, 11) is 0. The summed E-state index contributed by atoms with van der Waals surface area (Å²) in [5.74, 6) is -0.371. The molecule has 0 radical (unpaired) electrons. The second-order valence-corrected chi connectivity index (χ2v) is 3.98. The molecule has 0 fully saturated rings. The van der Waals surface area contributed by atoms with Gasteiger partial charge in [-0.2, -0.15) is 0 Å². The van der Waals surface area contributed by atoms with Crippen LogP contribution in [0.25, 0.3) is 6.08 Å². The van der Waals surface area contributed by atoms with Crippen molar-refractivity contribution in [3.8, 4) is 0 Å². The molecule has 0 atom stereocenters. The predicted molar refractivity (Wildman–Crippen MR) is 64.8 cm³/mol. The Labute approximate surface area is 102 Å².